The second kappa shape index (κ2) is 9.82. The molecule has 29 heavy (non-hydrogen) atoms. The number of para-hydroxylation sites is 1. The van der Waals surface area contributed by atoms with Crippen LogP contribution >= 0.6 is 43.2 Å². The van der Waals surface area contributed by atoms with Crippen molar-refractivity contribution >= 4 is 65.4 Å². The third-order valence-corrected chi connectivity index (χ3v) is 6.76. The van der Waals surface area contributed by atoms with Gasteiger partial charge in [0.1, 0.15) is 5.01 Å². The molecule has 0 fully saturated rings. The minimum atomic E-state index is -0.908. The molecule has 1 heterocycles. The molecule has 0 aliphatic carbocycles. The van der Waals surface area contributed by atoms with Crippen LogP contribution in [0.15, 0.2) is 42.5 Å². The van der Waals surface area contributed by atoms with Crippen molar-refractivity contribution in [2.45, 2.75) is 24.7 Å². The van der Waals surface area contributed by atoms with Crippen LogP contribution in [0.25, 0.3) is 20.8 Å². The number of carboxylic acid groups (broad SMARTS) is 2. The summed E-state index contributed by atoms with van der Waals surface area (Å²) in [4.78, 5) is 28.4. The first-order valence-electron chi connectivity index (χ1n) is 9.03. The van der Waals surface area contributed by atoms with E-state index in [0.29, 0.717) is 45.2 Å². The van der Waals surface area contributed by atoms with Crippen LogP contribution in [0.2, 0.25) is 0 Å². The molecule has 0 saturated heterocycles. The number of alkyl halides is 2. The molecule has 3 rings (SSSR count). The summed E-state index contributed by atoms with van der Waals surface area (Å²) in [6.07, 6.45) is 0.869. The molecule has 8 heteroatoms. The van der Waals surface area contributed by atoms with E-state index in [9.17, 15) is 19.8 Å². The van der Waals surface area contributed by atoms with Crippen LogP contribution in [0.3, 0.4) is 0 Å². The van der Waals surface area contributed by atoms with Gasteiger partial charge in [-0.25, -0.2) is 4.98 Å². The fourth-order valence-electron chi connectivity index (χ4n) is 3.33. The predicted octanol–water partition coefficient (Wildman–Crippen LogP) is 5.87. The molecule has 0 amide bonds. The van der Waals surface area contributed by atoms with Gasteiger partial charge in [0.25, 0.3) is 0 Å². The molecule has 0 saturated carbocycles. The summed E-state index contributed by atoms with van der Waals surface area (Å²) in [5, 5.41) is 21.2. The zero-order chi connectivity index (χ0) is 21.0. The van der Waals surface area contributed by atoms with Crippen molar-refractivity contribution in [3.8, 4) is 10.6 Å². The maximum atomic E-state index is 11.9. The molecule has 0 bridgehead atoms. The highest BCUT2D eigenvalue weighted by molar-refractivity contribution is 9.09. The maximum Gasteiger partial charge on any atom is 0.311 e. The normalized spacial score (nSPS) is 13.3. The van der Waals surface area contributed by atoms with E-state index in [1.165, 1.54) is 11.3 Å². The van der Waals surface area contributed by atoms with E-state index in [1.54, 1.807) is 18.2 Å². The molecular formula is C21H19Br2NO4S. The summed E-state index contributed by atoms with van der Waals surface area (Å²) in [5.41, 5.74) is 2.84. The Hall–Kier alpha value is -1.77. The fraction of sp³-hybridized carbons (Fsp3) is 0.286. The average molecular weight is 541 g/mol. The van der Waals surface area contributed by atoms with Crippen LogP contribution in [0.5, 0.6) is 0 Å². The van der Waals surface area contributed by atoms with Crippen LogP contribution in [-0.2, 0) is 9.59 Å². The van der Waals surface area contributed by atoms with Crippen molar-refractivity contribution in [2.75, 3.05) is 10.7 Å². The minimum Gasteiger partial charge on any atom is -0.481 e. The number of halogens is 2. The Kier molecular flexibility index (Phi) is 7.43. The van der Waals surface area contributed by atoms with Gasteiger partial charge < -0.3 is 10.2 Å². The fourth-order valence-corrected chi connectivity index (χ4v) is 5.25. The Morgan fingerprint density at radius 1 is 0.966 bits per heavy atom. The molecule has 3 aromatic rings. The molecule has 2 aromatic carbocycles. The summed E-state index contributed by atoms with van der Waals surface area (Å²) in [6, 6.07) is 13.0. The third kappa shape index (κ3) is 4.87. The molecule has 0 aliphatic rings. The van der Waals surface area contributed by atoms with Gasteiger partial charge in [-0.3, -0.25) is 9.59 Å². The van der Waals surface area contributed by atoms with Gasteiger partial charge in [0.05, 0.1) is 22.1 Å². The Morgan fingerprint density at radius 2 is 1.62 bits per heavy atom. The number of aliphatic carboxylic acids is 2. The molecule has 152 valence electrons. The smallest absolute Gasteiger partial charge is 0.311 e. The topological polar surface area (TPSA) is 87.5 Å². The van der Waals surface area contributed by atoms with Crippen LogP contribution < -0.4 is 0 Å². The van der Waals surface area contributed by atoms with Crippen LogP contribution in [-0.4, -0.2) is 37.8 Å². The number of benzene rings is 2. The molecule has 2 atom stereocenters. The number of hydrogen-bond donors (Lipinski definition) is 2. The van der Waals surface area contributed by atoms with Crippen molar-refractivity contribution in [1.82, 2.24) is 4.98 Å². The minimum absolute atomic E-state index is 0.427. The second-order valence-electron chi connectivity index (χ2n) is 6.57. The monoisotopic (exact) mass is 539 g/mol. The summed E-state index contributed by atoms with van der Waals surface area (Å²) >= 11 is 8.15. The van der Waals surface area contributed by atoms with Crippen LogP contribution in [0.1, 0.15) is 35.8 Å². The van der Waals surface area contributed by atoms with Gasteiger partial charge in [-0.2, -0.15) is 0 Å². The van der Waals surface area contributed by atoms with Gasteiger partial charge in [-0.1, -0.05) is 56.1 Å². The first kappa shape index (κ1) is 21.9. The summed E-state index contributed by atoms with van der Waals surface area (Å²) in [6.45, 7) is 0. The number of hydrogen-bond acceptors (Lipinski definition) is 4. The number of thiazole rings is 1. The summed E-state index contributed by atoms with van der Waals surface area (Å²) in [5.74, 6) is -3.18. The summed E-state index contributed by atoms with van der Waals surface area (Å²) < 4.78 is 1.00. The molecule has 0 aliphatic heterocycles. The van der Waals surface area contributed by atoms with Gasteiger partial charge in [0, 0.05) is 16.2 Å². The molecular weight excluding hydrogens is 522 g/mol. The van der Waals surface area contributed by atoms with Crippen LogP contribution in [0, 0.1) is 0 Å². The first-order valence-corrected chi connectivity index (χ1v) is 12.1. The summed E-state index contributed by atoms with van der Waals surface area (Å²) in [7, 11) is 0. The molecule has 5 nitrogen and oxygen atoms in total. The number of carbonyl (C=O) groups is 2. The van der Waals surface area contributed by atoms with Gasteiger partial charge in [-0.15, -0.1) is 11.3 Å². The quantitative estimate of drug-likeness (QED) is 0.331. The average Bonchev–Trinajstić information content (AvgIpc) is 3.13. The molecule has 0 spiro atoms. The van der Waals surface area contributed by atoms with Gasteiger partial charge >= 0.3 is 11.9 Å². The van der Waals surface area contributed by atoms with E-state index < -0.39 is 23.8 Å². The van der Waals surface area contributed by atoms with Crippen molar-refractivity contribution in [1.29, 1.82) is 0 Å². The van der Waals surface area contributed by atoms with E-state index >= 15 is 0 Å². The lowest BCUT2D eigenvalue weighted by Crippen LogP contribution is -2.15. The van der Waals surface area contributed by atoms with Crippen molar-refractivity contribution < 1.29 is 19.8 Å². The Morgan fingerprint density at radius 3 is 2.24 bits per heavy atom. The number of fused-ring (bicyclic) bond motifs is 1. The highest BCUT2D eigenvalue weighted by Crippen LogP contribution is 2.38. The predicted molar refractivity (Wildman–Crippen MR) is 123 cm³/mol. The first-order chi connectivity index (χ1) is 14.0. The standard InChI is InChI=1S/C21H19Br2NO4S/c22-9-7-13(20(25)26)12-5-6-14(15(8-10-23)21(27)28)16(11-12)19-24-17-3-1-2-4-18(17)29-19/h1-6,11,13,15H,7-10H2,(H,25,26)(H,27,28). The van der Waals surface area contributed by atoms with Crippen LogP contribution in [0.4, 0.5) is 0 Å². The van der Waals surface area contributed by atoms with E-state index in [-0.39, 0.29) is 0 Å². The maximum absolute atomic E-state index is 11.9. The zero-order valence-electron chi connectivity index (χ0n) is 15.3. The van der Waals surface area contributed by atoms with Crippen molar-refractivity contribution in [2.24, 2.45) is 0 Å². The number of nitrogens with zero attached hydrogens (tertiary/aromatic N) is 1. The second-order valence-corrected chi connectivity index (χ2v) is 9.19. The lowest BCUT2D eigenvalue weighted by Gasteiger charge is -2.18. The van der Waals surface area contributed by atoms with E-state index in [1.807, 2.05) is 24.3 Å². The van der Waals surface area contributed by atoms with Gasteiger partial charge in [0.15, 0.2) is 0 Å². The largest absolute Gasteiger partial charge is 0.481 e. The lowest BCUT2D eigenvalue weighted by molar-refractivity contribution is -0.139. The third-order valence-electron chi connectivity index (χ3n) is 4.77. The Labute approximate surface area is 189 Å². The van der Waals surface area contributed by atoms with Gasteiger partial charge in [-0.05, 0) is 42.2 Å². The zero-order valence-corrected chi connectivity index (χ0v) is 19.3. The number of aromatic nitrogens is 1. The number of rotatable bonds is 9. The van der Waals surface area contributed by atoms with Gasteiger partial charge in [0.2, 0.25) is 0 Å². The highest BCUT2D eigenvalue weighted by atomic mass is 79.9. The molecule has 2 unspecified atom stereocenters. The Bertz CT molecular complexity index is 1000. The number of carboxylic acids is 2. The highest BCUT2D eigenvalue weighted by Gasteiger charge is 2.27. The van der Waals surface area contributed by atoms with Crippen molar-refractivity contribution in [3.63, 3.8) is 0 Å². The van der Waals surface area contributed by atoms with E-state index in [2.05, 4.69) is 31.9 Å². The molecule has 0 radical (unpaired) electrons. The molecule has 1 aromatic heterocycles. The van der Waals surface area contributed by atoms with Crippen molar-refractivity contribution in [3.05, 3.63) is 53.6 Å². The van der Waals surface area contributed by atoms with E-state index in [0.717, 1.165) is 10.2 Å². The SMILES string of the molecule is O=C(O)C(CCBr)c1ccc(C(CCBr)C(=O)O)c(-c2nc3ccccc3s2)c1. The molecule has 2 N–H and O–H groups in total. The Balaban J connectivity index is 2.20. The lowest BCUT2D eigenvalue weighted by atomic mass is 9.87. The van der Waals surface area contributed by atoms with E-state index in [4.69, 9.17) is 4.98 Å².